The number of hydrogen-bond acceptors (Lipinski definition) is 2. The van der Waals surface area contributed by atoms with Crippen LogP contribution in [0.2, 0.25) is 0 Å². The van der Waals surface area contributed by atoms with Crippen LogP contribution >= 0.6 is 15.9 Å². The lowest BCUT2D eigenvalue weighted by Gasteiger charge is -2.06. The Morgan fingerprint density at radius 3 is 2.50 bits per heavy atom. The topological polar surface area (TPSA) is 42.0 Å². The minimum Gasteiger partial charge on any atom is -0.320 e. The second kappa shape index (κ2) is 5.22. The fourth-order valence-electron chi connectivity index (χ4n) is 1.36. The Balaban J connectivity index is 2.25. The summed E-state index contributed by atoms with van der Waals surface area (Å²) in [5.41, 5.74) is 0.329. The van der Waals surface area contributed by atoms with Crippen LogP contribution < -0.4 is 5.32 Å². The summed E-state index contributed by atoms with van der Waals surface area (Å²) in [7, 11) is 0. The Kier molecular flexibility index (Phi) is 3.66. The van der Waals surface area contributed by atoms with E-state index >= 15 is 0 Å². The Bertz CT molecular complexity index is 584. The van der Waals surface area contributed by atoms with Crippen LogP contribution in [0.15, 0.2) is 41.1 Å². The third-order valence-corrected chi connectivity index (χ3v) is 2.76. The molecule has 2 aromatic rings. The first-order chi connectivity index (χ1) is 8.56. The number of aromatic nitrogens is 1. The number of pyridine rings is 1. The van der Waals surface area contributed by atoms with Crippen molar-refractivity contribution in [3.63, 3.8) is 0 Å². The van der Waals surface area contributed by atoms with Gasteiger partial charge in [-0.3, -0.25) is 4.79 Å². The lowest BCUT2D eigenvalue weighted by Crippen LogP contribution is -2.13. The standard InChI is InChI=1S/C12H7BrF2N2O/c13-11-10(2-1-3-16-11)17-12(18)7-4-8(14)6-9(15)5-7/h1-6H,(H,17,18). The number of carbonyl (C=O) groups excluding carboxylic acids is 1. The fraction of sp³-hybridized carbons (Fsp3) is 0. The molecule has 18 heavy (non-hydrogen) atoms. The molecule has 0 aliphatic carbocycles. The Hall–Kier alpha value is -1.82. The van der Waals surface area contributed by atoms with Gasteiger partial charge in [0.1, 0.15) is 16.2 Å². The minimum absolute atomic E-state index is 0.0942. The summed E-state index contributed by atoms with van der Waals surface area (Å²) in [5.74, 6) is -2.21. The molecular formula is C12H7BrF2N2O. The van der Waals surface area contributed by atoms with Gasteiger partial charge in [-0.2, -0.15) is 0 Å². The molecule has 0 unspecified atom stereocenters. The predicted octanol–water partition coefficient (Wildman–Crippen LogP) is 3.37. The lowest BCUT2D eigenvalue weighted by molar-refractivity contribution is 0.102. The molecule has 0 fully saturated rings. The highest BCUT2D eigenvalue weighted by molar-refractivity contribution is 9.10. The number of nitrogens with one attached hydrogen (secondary N) is 1. The van der Waals surface area contributed by atoms with Gasteiger partial charge in [-0.15, -0.1) is 0 Å². The number of anilines is 1. The van der Waals surface area contributed by atoms with Gasteiger partial charge in [0.25, 0.3) is 5.91 Å². The van der Waals surface area contributed by atoms with Crippen LogP contribution in [-0.4, -0.2) is 10.9 Å². The van der Waals surface area contributed by atoms with Crippen molar-refractivity contribution in [2.75, 3.05) is 5.32 Å². The maximum absolute atomic E-state index is 13.0. The molecule has 0 aliphatic rings. The monoisotopic (exact) mass is 312 g/mol. The molecule has 6 heteroatoms. The van der Waals surface area contributed by atoms with E-state index in [2.05, 4.69) is 26.2 Å². The van der Waals surface area contributed by atoms with Gasteiger partial charge < -0.3 is 5.32 Å². The van der Waals surface area contributed by atoms with Gasteiger partial charge in [0, 0.05) is 17.8 Å². The van der Waals surface area contributed by atoms with Crippen LogP contribution in [0, 0.1) is 11.6 Å². The molecule has 0 aliphatic heterocycles. The van der Waals surface area contributed by atoms with Crippen molar-refractivity contribution in [3.05, 3.63) is 58.3 Å². The van der Waals surface area contributed by atoms with Crippen LogP contribution in [0.4, 0.5) is 14.5 Å². The molecule has 1 heterocycles. The molecule has 0 spiro atoms. The average molecular weight is 313 g/mol. The summed E-state index contributed by atoms with van der Waals surface area (Å²) in [6.07, 6.45) is 1.54. The van der Waals surface area contributed by atoms with E-state index in [4.69, 9.17) is 0 Å². The second-order valence-corrected chi connectivity index (χ2v) is 4.21. The van der Waals surface area contributed by atoms with Crippen molar-refractivity contribution in [1.29, 1.82) is 0 Å². The molecule has 1 aromatic carbocycles. The van der Waals surface area contributed by atoms with Crippen molar-refractivity contribution in [3.8, 4) is 0 Å². The zero-order valence-electron chi connectivity index (χ0n) is 8.95. The Morgan fingerprint density at radius 2 is 1.89 bits per heavy atom. The second-order valence-electron chi connectivity index (χ2n) is 3.45. The van der Waals surface area contributed by atoms with E-state index in [0.717, 1.165) is 12.1 Å². The van der Waals surface area contributed by atoms with Crippen LogP contribution in [0.1, 0.15) is 10.4 Å². The SMILES string of the molecule is O=C(Nc1cccnc1Br)c1cc(F)cc(F)c1. The molecule has 0 atom stereocenters. The van der Waals surface area contributed by atoms with Gasteiger partial charge in [0.2, 0.25) is 0 Å². The normalized spacial score (nSPS) is 10.2. The van der Waals surface area contributed by atoms with Gasteiger partial charge >= 0.3 is 0 Å². The third kappa shape index (κ3) is 2.89. The van der Waals surface area contributed by atoms with Crippen molar-refractivity contribution >= 4 is 27.5 Å². The van der Waals surface area contributed by atoms with Crippen LogP contribution in [0.25, 0.3) is 0 Å². The number of hydrogen-bond donors (Lipinski definition) is 1. The number of benzene rings is 1. The molecule has 2 rings (SSSR count). The first-order valence-electron chi connectivity index (χ1n) is 4.94. The number of halogens is 3. The van der Waals surface area contributed by atoms with Gasteiger partial charge in [-0.05, 0) is 40.2 Å². The summed E-state index contributed by atoms with van der Waals surface area (Å²) in [6, 6.07) is 5.87. The van der Waals surface area contributed by atoms with E-state index in [-0.39, 0.29) is 5.56 Å². The predicted molar refractivity (Wildman–Crippen MR) is 66.2 cm³/mol. The maximum atomic E-state index is 13.0. The summed E-state index contributed by atoms with van der Waals surface area (Å²) >= 11 is 3.15. The molecule has 1 amide bonds. The molecule has 1 N–H and O–H groups in total. The Labute approximate surface area is 110 Å². The zero-order chi connectivity index (χ0) is 13.1. The molecule has 1 aromatic heterocycles. The van der Waals surface area contributed by atoms with E-state index in [1.165, 1.54) is 0 Å². The van der Waals surface area contributed by atoms with Crippen LogP contribution in [0.3, 0.4) is 0 Å². The maximum Gasteiger partial charge on any atom is 0.255 e. The van der Waals surface area contributed by atoms with Crippen molar-refractivity contribution in [2.24, 2.45) is 0 Å². The van der Waals surface area contributed by atoms with Crippen LogP contribution in [-0.2, 0) is 0 Å². The molecule has 0 saturated carbocycles. The minimum atomic E-state index is -0.801. The lowest BCUT2D eigenvalue weighted by atomic mass is 10.2. The number of rotatable bonds is 2. The molecule has 0 saturated heterocycles. The fourth-order valence-corrected chi connectivity index (χ4v) is 1.71. The number of carbonyl (C=O) groups is 1. The van der Waals surface area contributed by atoms with E-state index in [0.29, 0.717) is 16.4 Å². The molecule has 0 bridgehead atoms. The zero-order valence-corrected chi connectivity index (χ0v) is 10.5. The summed E-state index contributed by atoms with van der Waals surface area (Å²) in [5, 5.41) is 2.50. The number of nitrogens with zero attached hydrogens (tertiary/aromatic N) is 1. The molecule has 3 nitrogen and oxygen atoms in total. The summed E-state index contributed by atoms with van der Waals surface area (Å²) in [4.78, 5) is 15.7. The third-order valence-electron chi connectivity index (χ3n) is 2.13. The largest absolute Gasteiger partial charge is 0.320 e. The van der Waals surface area contributed by atoms with Gasteiger partial charge in [0.15, 0.2) is 0 Å². The number of amides is 1. The highest BCUT2D eigenvalue weighted by Gasteiger charge is 2.11. The van der Waals surface area contributed by atoms with Crippen LogP contribution in [0.5, 0.6) is 0 Å². The van der Waals surface area contributed by atoms with Crippen molar-refractivity contribution < 1.29 is 13.6 Å². The van der Waals surface area contributed by atoms with Crippen molar-refractivity contribution in [2.45, 2.75) is 0 Å². The highest BCUT2D eigenvalue weighted by Crippen LogP contribution is 2.19. The Morgan fingerprint density at radius 1 is 1.22 bits per heavy atom. The highest BCUT2D eigenvalue weighted by atomic mass is 79.9. The van der Waals surface area contributed by atoms with Gasteiger partial charge in [-0.25, -0.2) is 13.8 Å². The first-order valence-corrected chi connectivity index (χ1v) is 5.73. The van der Waals surface area contributed by atoms with Crippen molar-refractivity contribution in [1.82, 2.24) is 4.98 Å². The van der Waals surface area contributed by atoms with Gasteiger partial charge in [0.05, 0.1) is 5.69 Å². The summed E-state index contributed by atoms with van der Waals surface area (Å²) < 4.78 is 26.4. The van der Waals surface area contributed by atoms with E-state index in [9.17, 15) is 13.6 Å². The molecule has 92 valence electrons. The molecule has 0 radical (unpaired) electrons. The van der Waals surface area contributed by atoms with E-state index in [1.807, 2.05) is 0 Å². The quantitative estimate of drug-likeness (QED) is 0.864. The van der Waals surface area contributed by atoms with Gasteiger partial charge in [-0.1, -0.05) is 0 Å². The van der Waals surface area contributed by atoms with E-state index < -0.39 is 17.5 Å². The first kappa shape index (κ1) is 12.6. The average Bonchev–Trinajstić information content (AvgIpc) is 2.31. The van der Waals surface area contributed by atoms with E-state index in [1.54, 1.807) is 18.3 Å². The molecular weight excluding hydrogens is 306 g/mol. The summed E-state index contributed by atoms with van der Waals surface area (Å²) in [6.45, 7) is 0. The smallest absolute Gasteiger partial charge is 0.255 e.